The van der Waals surface area contributed by atoms with Crippen LogP contribution >= 0.6 is 11.3 Å². The monoisotopic (exact) mass is 848 g/mol. The van der Waals surface area contributed by atoms with Gasteiger partial charge in [-0.3, -0.25) is 4.90 Å². The standard InChI is InChI=1S/C46H60N10O4S/c1-28-33-7-6-14-56(41(33)54-53-40(28)52-43-50-36-19-32(59-5)8-10-37(36)61-43)38-11-9-34(39(51-38)42(57)58)35(23-47)29(2)49-24-31-21-45(4)25-44(3)20-30(31)22-46(26-44,27-45)60-18-17-55-15-12-48-13-16-55/h8-11,19,23,30-31,47-49H,6-7,12-18,20-22,24-27H2,1-5H3,(H,57,58)(H,50,52,53)/b35-29+,47-23?. The largest absolute Gasteiger partial charge is 0.497 e. The van der Waals surface area contributed by atoms with Crippen molar-refractivity contribution in [3.8, 4) is 5.75 Å². The van der Waals surface area contributed by atoms with Crippen LogP contribution in [0.2, 0.25) is 0 Å². The molecule has 5 unspecified atom stereocenters. The number of hydrogen-bond donors (Lipinski definition) is 5. The summed E-state index contributed by atoms with van der Waals surface area (Å²) in [4.78, 5) is 26.9. The summed E-state index contributed by atoms with van der Waals surface area (Å²) in [5.41, 5.74) is 4.90. The number of aromatic carboxylic acids is 1. The summed E-state index contributed by atoms with van der Waals surface area (Å²) < 4.78 is 13.4. The molecule has 1 saturated heterocycles. The summed E-state index contributed by atoms with van der Waals surface area (Å²) in [6.07, 6.45) is 9.87. The number of anilines is 4. The van der Waals surface area contributed by atoms with Gasteiger partial charge >= 0.3 is 5.97 Å². The molecule has 324 valence electrons. The SMILES string of the molecule is COc1ccc2sc(Nc3nnc4c(c3C)CCCN4c3ccc(/C(C=N)=C(\C)NCC4CC5(C)CC6(C)CC4CC(OCCN4CCNCC4)(C5)C6)c(C(=O)O)n3)nc2c1. The second-order valence-electron chi connectivity index (χ2n) is 19.1. The van der Waals surface area contributed by atoms with Gasteiger partial charge in [-0.1, -0.05) is 25.2 Å². The van der Waals surface area contributed by atoms with E-state index >= 15 is 0 Å². The molecule has 0 spiro atoms. The number of allylic oxidation sites excluding steroid dienone is 2. The first-order chi connectivity index (χ1) is 29.4. The fraction of sp³-hybridized carbons (Fsp3) is 0.565. The molecule has 61 heavy (non-hydrogen) atoms. The van der Waals surface area contributed by atoms with Crippen molar-refractivity contribution in [3.63, 3.8) is 0 Å². The first kappa shape index (κ1) is 41.6. The van der Waals surface area contributed by atoms with Gasteiger partial charge in [-0.15, -0.1) is 10.2 Å². The number of pyridine rings is 1. The van der Waals surface area contributed by atoms with Gasteiger partial charge in [-0.2, -0.15) is 0 Å². The highest BCUT2D eigenvalue weighted by Crippen LogP contribution is 2.66. The molecule has 5 heterocycles. The number of carbonyl (C=O) groups is 1. The van der Waals surface area contributed by atoms with Crippen LogP contribution in [0.3, 0.4) is 0 Å². The van der Waals surface area contributed by atoms with E-state index < -0.39 is 5.97 Å². The minimum atomic E-state index is -1.14. The molecule has 1 aromatic carbocycles. The minimum Gasteiger partial charge on any atom is -0.497 e. The van der Waals surface area contributed by atoms with E-state index in [0.717, 1.165) is 117 Å². The number of methoxy groups -OCH3 is 1. The van der Waals surface area contributed by atoms with Crippen molar-refractivity contribution in [2.24, 2.45) is 22.7 Å². The van der Waals surface area contributed by atoms with Gasteiger partial charge in [-0.05, 0) is 112 Å². The van der Waals surface area contributed by atoms with E-state index in [9.17, 15) is 9.90 Å². The van der Waals surface area contributed by atoms with Gasteiger partial charge in [0.15, 0.2) is 22.5 Å². The Bertz CT molecular complexity index is 2360. The van der Waals surface area contributed by atoms with Crippen LogP contribution in [0.15, 0.2) is 36.0 Å². The fourth-order valence-corrected chi connectivity index (χ4v) is 13.0. The van der Waals surface area contributed by atoms with Gasteiger partial charge in [0.25, 0.3) is 0 Å². The number of carboxylic acids is 1. The highest BCUT2D eigenvalue weighted by Gasteiger charge is 2.60. The quantitative estimate of drug-likeness (QED) is 0.0787. The number of nitrogens with zero attached hydrogens (tertiary/aromatic N) is 6. The van der Waals surface area contributed by atoms with E-state index in [1.165, 1.54) is 30.4 Å². The van der Waals surface area contributed by atoms with Crippen molar-refractivity contribution >= 4 is 61.9 Å². The number of nitrogens with one attached hydrogen (secondary N) is 4. The van der Waals surface area contributed by atoms with Crippen LogP contribution in [-0.2, 0) is 11.2 Å². The Labute approximate surface area is 362 Å². The lowest BCUT2D eigenvalue weighted by Crippen LogP contribution is -2.53. The van der Waals surface area contributed by atoms with E-state index in [2.05, 4.69) is 44.9 Å². The number of thiazole rings is 1. The number of ether oxygens (including phenoxy) is 2. The fourth-order valence-electron chi connectivity index (χ4n) is 12.1. The summed E-state index contributed by atoms with van der Waals surface area (Å²) in [5, 5.41) is 39.6. The lowest BCUT2D eigenvalue weighted by molar-refractivity contribution is -0.165. The Morgan fingerprint density at radius 2 is 1.87 bits per heavy atom. The zero-order valence-electron chi connectivity index (χ0n) is 36.2. The molecule has 4 saturated carbocycles. The molecule has 3 aromatic heterocycles. The van der Waals surface area contributed by atoms with Crippen LogP contribution in [-0.4, -0.2) is 107 Å². The van der Waals surface area contributed by atoms with Crippen LogP contribution in [0.4, 0.5) is 22.6 Å². The van der Waals surface area contributed by atoms with Crippen molar-refractivity contribution in [2.45, 2.75) is 84.7 Å². The van der Waals surface area contributed by atoms with Gasteiger partial charge in [0, 0.05) is 86.1 Å². The van der Waals surface area contributed by atoms with Crippen molar-refractivity contribution in [3.05, 3.63) is 58.4 Å². The van der Waals surface area contributed by atoms with Gasteiger partial charge in [0.1, 0.15) is 11.6 Å². The molecular weight excluding hydrogens is 789 g/mol. The lowest BCUT2D eigenvalue weighted by atomic mass is 9.53. The molecule has 0 radical (unpaired) electrons. The molecule has 14 nitrogen and oxygen atoms in total. The van der Waals surface area contributed by atoms with Gasteiger partial charge in [0.2, 0.25) is 0 Å². The summed E-state index contributed by atoms with van der Waals surface area (Å²) in [7, 11) is 1.64. The van der Waals surface area contributed by atoms with Crippen LogP contribution in [0.5, 0.6) is 5.75 Å². The van der Waals surface area contributed by atoms with E-state index in [1.54, 1.807) is 13.2 Å². The number of piperazine rings is 1. The molecule has 4 bridgehead atoms. The van der Waals surface area contributed by atoms with Crippen LogP contribution in [0.1, 0.15) is 92.9 Å². The van der Waals surface area contributed by atoms with Crippen LogP contribution in [0, 0.1) is 35.0 Å². The maximum atomic E-state index is 12.9. The number of rotatable bonds is 14. The van der Waals surface area contributed by atoms with Crippen molar-refractivity contribution in [1.29, 1.82) is 5.41 Å². The summed E-state index contributed by atoms with van der Waals surface area (Å²) in [6.45, 7) is 16.4. The average Bonchev–Trinajstić information content (AvgIpc) is 3.58. The molecule has 2 aliphatic heterocycles. The third-order valence-electron chi connectivity index (χ3n) is 14.2. The van der Waals surface area contributed by atoms with Crippen LogP contribution < -0.4 is 25.6 Å². The number of fused-ring (bicyclic) bond motifs is 3. The zero-order chi connectivity index (χ0) is 42.5. The average molecular weight is 849 g/mol. The molecule has 5 fully saturated rings. The molecule has 4 aromatic rings. The Kier molecular flexibility index (Phi) is 11.3. The highest BCUT2D eigenvalue weighted by molar-refractivity contribution is 7.22. The summed E-state index contributed by atoms with van der Waals surface area (Å²) in [6, 6.07) is 9.46. The maximum absolute atomic E-state index is 12.9. The number of aromatic nitrogens is 4. The molecule has 15 heteroatoms. The third kappa shape index (κ3) is 8.33. The molecule has 0 amide bonds. The predicted molar refractivity (Wildman–Crippen MR) is 241 cm³/mol. The molecule has 5 N–H and O–H groups in total. The Morgan fingerprint density at radius 1 is 1.07 bits per heavy atom. The maximum Gasteiger partial charge on any atom is 0.355 e. The van der Waals surface area contributed by atoms with Crippen molar-refractivity contribution in [1.82, 2.24) is 35.7 Å². The Hall–Kier alpha value is -4.70. The van der Waals surface area contributed by atoms with Crippen LogP contribution in [0.25, 0.3) is 15.8 Å². The normalized spacial score (nSPS) is 27.7. The minimum absolute atomic E-state index is 0.0623. The third-order valence-corrected chi connectivity index (χ3v) is 15.2. The molecule has 6 aliphatic rings. The Balaban J connectivity index is 0.916. The molecular formula is C46H60N10O4S. The lowest BCUT2D eigenvalue weighted by Gasteiger charge is -2.56. The summed E-state index contributed by atoms with van der Waals surface area (Å²) in [5.74, 6) is 2.40. The van der Waals surface area contributed by atoms with Gasteiger partial charge < -0.3 is 40.8 Å². The smallest absolute Gasteiger partial charge is 0.355 e. The second-order valence-corrected chi connectivity index (χ2v) is 20.1. The first-order valence-corrected chi connectivity index (χ1v) is 22.8. The van der Waals surface area contributed by atoms with Crippen molar-refractivity contribution in [2.75, 3.05) is 69.7 Å². The Morgan fingerprint density at radius 3 is 2.64 bits per heavy atom. The van der Waals surface area contributed by atoms with Gasteiger partial charge in [-0.25, -0.2) is 14.8 Å². The number of carboxylic acid groups (broad SMARTS) is 1. The number of benzene rings is 1. The van der Waals surface area contributed by atoms with E-state index in [-0.39, 0.29) is 22.1 Å². The first-order valence-electron chi connectivity index (χ1n) is 22.0. The molecule has 4 aliphatic carbocycles. The molecule has 5 atom stereocenters. The van der Waals surface area contributed by atoms with E-state index in [1.807, 2.05) is 43.0 Å². The number of hydrogen-bond acceptors (Lipinski definition) is 14. The van der Waals surface area contributed by atoms with E-state index in [0.29, 0.717) is 52.1 Å². The van der Waals surface area contributed by atoms with Gasteiger partial charge in [0.05, 0.1) is 29.5 Å². The van der Waals surface area contributed by atoms with E-state index in [4.69, 9.17) is 24.9 Å². The summed E-state index contributed by atoms with van der Waals surface area (Å²) >= 11 is 1.54. The predicted octanol–water partition coefficient (Wildman–Crippen LogP) is 7.58. The topological polar surface area (TPSA) is 174 Å². The second kappa shape index (κ2) is 16.5. The zero-order valence-corrected chi connectivity index (χ0v) is 37.0. The van der Waals surface area contributed by atoms with Crippen molar-refractivity contribution < 1.29 is 19.4 Å². The molecule has 10 rings (SSSR count). The highest BCUT2D eigenvalue weighted by atomic mass is 32.1.